The summed E-state index contributed by atoms with van der Waals surface area (Å²) < 4.78 is 16.4. The van der Waals surface area contributed by atoms with Crippen molar-refractivity contribution >= 4 is 0 Å². The normalized spacial score (nSPS) is 25.9. The summed E-state index contributed by atoms with van der Waals surface area (Å²) in [5, 5.41) is 9.63. The molecule has 0 atom stereocenters. The lowest BCUT2D eigenvalue weighted by Gasteiger charge is -2.57. The Morgan fingerprint density at radius 3 is 2.19 bits per heavy atom. The molecule has 0 amide bonds. The van der Waals surface area contributed by atoms with E-state index in [1.165, 1.54) is 0 Å². The van der Waals surface area contributed by atoms with Crippen LogP contribution in [0.15, 0.2) is 16.5 Å². The van der Waals surface area contributed by atoms with Crippen LogP contribution in [0.2, 0.25) is 0 Å². The molecule has 2 saturated heterocycles. The molecule has 0 saturated carbocycles. The standard InChI is InChI=1S/C12H16O4/c1-9-2-3-10(16-9)12(7-15-8-12)11(4-13)5-14-6-11/h2-3,13H,4-8H2,1H3. The van der Waals surface area contributed by atoms with E-state index in [1.54, 1.807) is 0 Å². The Morgan fingerprint density at radius 2 is 1.88 bits per heavy atom. The average Bonchev–Trinajstić information content (AvgIpc) is 2.55. The Hall–Kier alpha value is -0.840. The first kappa shape index (κ1) is 10.3. The van der Waals surface area contributed by atoms with E-state index in [4.69, 9.17) is 13.9 Å². The molecule has 0 bridgehead atoms. The van der Waals surface area contributed by atoms with E-state index in [2.05, 4.69) is 0 Å². The maximum atomic E-state index is 9.63. The molecule has 2 aliphatic heterocycles. The average molecular weight is 224 g/mol. The van der Waals surface area contributed by atoms with Gasteiger partial charge >= 0.3 is 0 Å². The van der Waals surface area contributed by atoms with E-state index in [0.717, 1.165) is 11.5 Å². The summed E-state index contributed by atoms with van der Waals surface area (Å²) in [6.45, 7) is 4.46. The highest BCUT2D eigenvalue weighted by Crippen LogP contribution is 2.51. The van der Waals surface area contributed by atoms with Gasteiger partial charge in [-0.1, -0.05) is 0 Å². The largest absolute Gasteiger partial charge is 0.466 e. The second-order valence-corrected chi connectivity index (χ2v) is 4.92. The van der Waals surface area contributed by atoms with Gasteiger partial charge in [-0.25, -0.2) is 0 Å². The van der Waals surface area contributed by atoms with Crippen LogP contribution in [0.4, 0.5) is 0 Å². The Labute approximate surface area is 94.2 Å². The molecule has 1 aromatic rings. The number of hydrogen-bond acceptors (Lipinski definition) is 4. The van der Waals surface area contributed by atoms with Gasteiger partial charge in [-0.15, -0.1) is 0 Å². The van der Waals surface area contributed by atoms with Gasteiger partial charge in [0.15, 0.2) is 0 Å². The van der Waals surface area contributed by atoms with E-state index in [-0.39, 0.29) is 17.4 Å². The fraction of sp³-hybridized carbons (Fsp3) is 0.667. The molecule has 0 radical (unpaired) electrons. The minimum Gasteiger partial charge on any atom is -0.466 e. The molecule has 4 heteroatoms. The number of rotatable bonds is 3. The van der Waals surface area contributed by atoms with Crippen LogP contribution in [-0.2, 0) is 14.9 Å². The summed E-state index contributed by atoms with van der Waals surface area (Å²) in [6.07, 6.45) is 0. The zero-order valence-electron chi connectivity index (χ0n) is 9.36. The smallest absolute Gasteiger partial charge is 0.115 e. The van der Waals surface area contributed by atoms with Crippen molar-refractivity contribution in [2.24, 2.45) is 5.41 Å². The van der Waals surface area contributed by atoms with Crippen LogP contribution in [-0.4, -0.2) is 38.1 Å². The molecule has 0 aliphatic carbocycles. The topological polar surface area (TPSA) is 51.8 Å². The monoisotopic (exact) mass is 224 g/mol. The lowest BCUT2D eigenvalue weighted by atomic mass is 9.59. The van der Waals surface area contributed by atoms with Crippen molar-refractivity contribution in [1.29, 1.82) is 0 Å². The Kier molecular flexibility index (Phi) is 2.14. The molecule has 3 heterocycles. The van der Waals surface area contributed by atoms with Gasteiger partial charge < -0.3 is 19.0 Å². The van der Waals surface area contributed by atoms with Gasteiger partial charge in [0.05, 0.1) is 43.9 Å². The summed E-state index contributed by atoms with van der Waals surface area (Å²) in [5.41, 5.74) is -0.399. The summed E-state index contributed by atoms with van der Waals surface area (Å²) >= 11 is 0. The Morgan fingerprint density at radius 1 is 1.19 bits per heavy atom. The summed E-state index contributed by atoms with van der Waals surface area (Å²) in [4.78, 5) is 0. The Bertz CT molecular complexity index is 382. The fourth-order valence-electron chi connectivity index (χ4n) is 2.58. The van der Waals surface area contributed by atoms with Crippen molar-refractivity contribution in [3.63, 3.8) is 0 Å². The molecule has 88 valence electrons. The van der Waals surface area contributed by atoms with Crippen LogP contribution in [0, 0.1) is 12.3 Å². The van der Waals surface area contributed by atoms with Gasteiger partial charge in [0.2, 0.25) is 0 Å². The van der Waals surface area contributed by atoms with E-state index >= 15 is 0 Å². The van der Waals surface area contributed by atoms with Crippen LogP contribution >= 0.6 is 0 Å². The van der Waals surface area contributed by atoms with Gasteiger partial charge in [0.25, 0.3) is 0 Å². The summed E-state index contributed by atoms with van der Waals surface area (Å²) in [6, 6.07) is 3.95. The molecule has 1 N–H and O–H groups in total. The molecule has 4 nitrogen and oxygen atoms in total. The molecule has 0 aromatic carbocycles. The quantitative estimate of drug-likeness (QED) is 0.827. The van der Waals surface area contributed by atoms with Crippen molar-refractivity contribution in [2.75, 3.05) is 33.0 Å². The van der Waals surface area contributed by atoms with Crippen molar-refractivity contribution in [3.05, 3.63) is 23.7 Å². The lowest BCUT2D eigenvalue weighted by Crippen LogP contribution is -2.68. The number of hydrogen-bond donors (Lipinski definition) is 1. The zero-order valence-corrected chi connectivity index (χ0v) is 9.36. The third kappa shape index (κ3) is 1.09. The van der Waals surface area contributed by atoms with Crippen LogP contribution in [0.3, 0.4) is 0 Å². The first-order chi connectivity index (χ1) is 7.72. The van der Waals surface area contributed by atoms with Gasteiger partial charge in [0.1, 0.15) is 11.5 Å². The Balaban J connectivity index is 1.99. The van der Waals surface area contributed by atoms with Crippen LogP contribution in [0.25, 0.3) is 0 Å². The first-order valence-electron chi connectivity index (χ1n) is 5.56. The fourth-order valence-corrected chi connectivity index (χ4v) is 2.58. The number of aliphatic hydroxyl groups is 1. The molecule has 1 aromatic heterocycles. The lowest BCUT2D eigenvalue weighted by molar-refractivity contribution is -0.247. The van der Waals surface area contributed by atoms with E-state index in [1.807, 2.05) is 19.1 Å². The first-order valence-corrected chi connectivity index (χ1v) is 5.56. The third-order valence-corrected chi connectivity index (χ3v) is 3.98. The number of furan rings is 1. The highest BCUT2D eigenvalue weighted by atomic mass is 16.5. The number of aliphatic hydroxyl groups excluding tert-OH is 1. The number of ether oxygens (including phenoxy) is 2. The third-order valence-electron chi connectivity index (χ3n) is 3.98. The van der Waals surface area contributed by atoms with Crippen LogP contribution < -0.4 is 0 Å². The van der Waals surface area contributed by atoms with Gasteiger partial charge in [-0.3, -0.25) is 0 Å². The predicted molar refractivity (Wildman–Crippen MR) is 56.3 cm³/mol. The van der Waals surface area contributed by atoms with Crippen molar-refractivity contribution in [1.82, 2.24) is 0 Å². The molecule has 16 heavy (non-hydrogen) atoms. The minimum atomic E-state index is -0.213. The maximum absolute atomic E-state index is 9.63. The van der Waals surface area contributed by atoms with Crippen LogP contribution in [0.1, 0.15) is 11.5 Å². The van der Waals surface area contributed by atoms with Crippen LogP contribution in [0.5, 0.6) is 0 Å². The minimum absolute atomic E-state index is 0.121. The van der Waals surface area contributed by atoms with E-state index in [0.29, 0.717) is 26.4 Å². The van der Waals surface area contributed by atoms with E-state index in [9.17, 15) is 5.11 Å². The molecular formula is C12H16O4. The van der Waals surface area contributed by atoms with Crippen molar-refractivity contribution < 1.29 is 19.0 Å². The van der Waals surface area contributed by atoms with Gasteiger partial charge in [0, 0.05) is 0 Å². The molecule has 2 fully saturated rings. The predicted octanol–water partition coefficient (Wildman–Crippen LogP) is 0.865. The molecule has 0 unspecified atom stereocenters. The molecular weight excluding hydrogens is 208 g/mol. The molecule has 3 rings (SSSR count). The molecule has 0 spiro atoms. The second kappa shape index (κ2) is 3.32. The number of aryl methyl sites for hydroxylation is 1. The van der Waals surface area contributed by atoms with Crippen molar-refractivity contribution in [3.8, 4) is 0 Å². The van der Waals surface area contributed by atoms with Gasteiger partial charge in [-0.2, -0.15) is 0 Å². The van der Waals surface area contributed by atoms with Crippen molar-refractivity contribution in [2.45, 2.75) is 12.3 Å². The SMILES string of the molecule is Cc1ccc(C2(C3(CO)COC3)COC2)o1. The zero-order chi connectivity index (χ0) is 11.2. The summed E-state index contributed by atoms with van der Waals surface area (Å²) in [5.74, 6) is 1.82. The summed E-state index contributed by atoms with van der Waals surface area (Å²) in [7, 11) is 0. The highest BCUT2D eigenvalue weighted by molar-refractivity contribution is 5.27. The molecule has 2 aliphatic rings. The highest BCUT2D eigenvalue weighted by Gasteiger charge is 2.62. The van der Waals surface area contributed by atoms with E-state index < -0.39 is 0 Å². The van der Waals surface area contributed by atoms with Gasteiger partial charge in [-0.05, 0) is 19.1 Å². The second-order valence-electron chi connectivity index (χ2n) is 4.92. The maximum Gasteiger partial charge on any atom is 0.115 e.